The summed E-state index contributed by atoms with van der Waals surface area (Å²) in [6.45, 7) is 1.47. The summed E-state index contributed by atoms with van der Waals surface area (Å²) in [4.78, 5) is 36.4. The van der Waals surface area contributed by atoms with Gasteiger partial charge in [-0.1, -0.05) is 11.6 Å². The summed E-state index contributed by atoms with van der Waals surface area (Å²) in [6, 6.07) is 6.61. The summed E-state index contributed by atoms with van der Waals surface area (Å²) < 4.78 is 28.7. The van der Waals surface area contributed by atoms with Gasteiger partial charge in [0.25, 0.3) is 11.8 Å². The second kappa shape index (κ2) is 9.19. The highest BCUT2D eigenvalue weighted by Gasteiger charge is 2.26. The number of primary amides is 1. The smallest absolute Gasteiger partial charge is 0.341 e. The predicted molar refractivity (Wildman–Crippen MR) is 111 cm³/mol. The van der Waals surface area contributed by atoms with E-state index in [2.05, 4.69) is 5.32 Å². The first-order chi connectivity index (χ1) is 14.7. The van der Waals surface area contributed by atoms with E-state index >= 15 is 0 Å². The minimum Gasteiger partial charge on any atom is -0.484 e. The number of hydrogen-bond donors (Lipinski definition) is 2. The number of rotatable bonds is 7. The van der Waals surface area contributed by atoms with Crippen molar-refractivity contribution >= 4 is 45.7 Å². The van der Waals surface area contributed by atoms with E-state index in [1.807, 2.05) is 0 Å². The topological polar surface area (TPSA) is 121 Å². The van der Waals surface area contributed by atoms with Crippen LogP contribution >= 0.6 is 22.9 Å². The quantitative estimate of drug-likeness (QED) is 0.504. The Bertz CT molecular complexity index is 1170. The van der Waals surface area contributed by atoms with E-state index in [1.54, 1.807) is 0 Å². The van der Waals surface area contributed by atoms with Crippen molar-refractivity contribution in [3.8, 4) is 5.75 Å². The normalized spacial score (nSPS) is 10.6. The first-order valence-electron chi connectivity index (χ1n) is 8.70. The molecule has 8 nitrogen and oxygen atoms in total. The number of furan rings is 1. The first kappa shape index (κ1) is 22.3. The molecular formula is C20H16ClFN2O6S. The Kier molecular flexibility index (Phi) is 6.62. The third kappa shape index (κ3) is 4.86. The molecular weight excluding hydrogens is 451 g/mol. The van der Waals surface area contributed by atoms with E-state index < -0.39 is 23.6 Å². The maximum Gasteiger partial charge on any atom is 0.341 e. The van der Waals surface area contributed by atoms with Gasteiger partial charge in [0.15, 0.2) is 5.76 Å². The molecule has 0 spiro atoms. The average Bonchev–Trinajstić information content (AvgIpc) is 3.31. The number of anilines is 1. The molecule has 0 saturated carbocycles. The van der Waals surface area contributed by atoms with Crippen LogP contribution in [0.5, 0.6) is 5.75 Å². The van der Waals surface area contributed by atoms with Gasteiger partial charge in [0.1, 0.15) is 28.9 Å². The lowest BCUT2D eigenvalue weighted by Crippen LogP contribution is -2.14. The van der Waals surface area contributed by atoms with Gasteiger partial charge < -0.3 is 24.9 Å². The van der Waals surface area contributed by atoms with Crippen molar-refractivity contribution in [2.75, 3.05) is 12.4 Å². The summed E-state index contributed by atoms with van der Waals surface area (Å²) in [5.74, 6) is -2.12. The zero-order chi connectivity index (χ0) is 22.7. The SMILES string of the molecule is COC(=O)c1c(NC(=O)c2ccc(COc3ccc(F)cc3Cl)o2)sc(C(N)=O)c1C. The number of benzene rings is 1. The molecule has 0 aliphatic heterocycles. The van der Waals surface area contributed by atoms with Crippen LogP contribution in [-0.2, 0) is 11.3 Å². The molecule has 11 heteroatoms. The van der Waals surface area contributed by atoms with Crippen LogP contribution < -0.4 is 15.8 Å². The van der Waals surface area contributed by atoms with Gasteiger partial charge >= 0.3 is 5.97 Å². The minimum atomic E-state index is -0.731. The Hall–Kier alpha value is -3.37. The van der Waals surface area contributed by atoms with Crippen molar-refractivity contribution in [3.63, 3.8) is 0 Å². The highest BCUT2D eigenvalue weighted by molar-refractivity contribution is 7.18. The molecule has 0 saturated heterocycles. The third-order valence-electron chi connectivity index (χ3n) is 4.14. The average molecular weight is 467 g/mol. The molecule has 0 atom stereocenters. The molecule has 2 amide bonds. The van der Waals surface area contributed by atoms with E-state index in [4.69, 9.17) is 31.2 Å². The molecule has 2 heterocycles. The van der Waals surface area contributed by atoms with E-state index in [9.17, 15) is 18.8 Å². The van der Waals surface area contributed by atoms with E-state index in [-0.39, 0.29) is 38.6 Å². The predicted octanol–water partition coefficient (Wildman–Crippen LogP) is 4.16. The van der Waals surface area contributed by atoms with Crippen molar-refractivity contribution in [1.29, 1.82) is 0 Å². The molecule has 0 fully saturated rings. The molecule has 0 aliphatic carbocycles. The Morgan fingerprint density at radius 3 is 2.65 bits per heavy atom. The molecule has 3 N–H and O–H groups in total. The Labute approximate surface area is 184 Å². The number of carbonyl (C=O) groups is 3. The Morgan fingerprint density at radius 1 is 1.26 bits per heavy atom. The minimum absolute atomic E-state index is 0.0377. The number of thiophene rings is 1. The number of nitrogens with two attached hydrogens (primary N) is 1. The summed E-state index contributed by atoms with van der Waals surface area (Å²) >= 11 is 6.76. The Morgan fingerprint density at radius 2 is 2.00 bits per heavy atom. The highest BCUT2D eigenvalue weighted by Crippen LogP contribution is 2.34. The molecule has 3 rings (SSSR count). The zero-order valence-corrected chi connectivity index (χ0v) is 17.9. The van der Waals surface area contributed by atoms with E-state index in [0.717, 1.165) is 17.4 Å². The first-order valence-corrected chi connectivity index (χ1v) is 9.90. The molecule has 1 aromatic carbocycles. The maximum atomic E-state index is 13.1. The third-order valence-corrected chi connectivity index (χ3v) is 5.65. The van der Waals surface area contributed by atoms with Gasteiger partial charge in [-0.2, -0.15) is 0 Å². The number of carbonyl (C=O) groups excluding carboxylic acids is 3. The van der Waals surface area contributed by atoms with Gasteiger partial charge in [-0.15, -0.1) is 11.3 Å². The van der Waals surface area contributed by atoms with Gasteiger partial charge in [-0.3, -0.25) is 9.59 Å². The van der Waals surface area contributed by atoms with Crippen LogP contribution in [-0.4, -0.2) is 24.9 Å². The lowest BCUT2D eigenvalue weighted by molar-refractivity contribution is 0.0601. The summed E-state index contributed by atoms with van der Waals surface area (Å²) in [5, 5.41) is 2.74. The molecule has 3 aromatic rings. The molecule has 2 aromatic heterocycles. The maximum absolute atomic E-state index is 13.1. The van der Waals surface area contributed by atoms with Crippen molar-refractivity contribution in [2.45, 2.75) is 13.5 Å². The van der Waals surface area contributed by atoms with Crippen LogP contribution in [0.4, 0.5) is 9.39 Å². The van der Waals surface area contributed by atoms with Crippen LogP contribution in [0.1, 0.15) is 41.9 Å². The van der Waals surface area contributed by atoms with Gasteiger partial charge in [0.2, 0.25) is 0 Å². The van der Waals surface area contributed by atoms with Crippen molar-refractivity contribution in [1.82, 2.24) is 0 Å². The molecule has 0 aliphatic rings. The standard InChI is InChI=1S/C20H16ClFN2O6S/c1-9-15(20(27)28-2)19(31-16(9)17(23)25)24-18(26)14-6-4-11(30-14)8-29-13-5-3-10(22)7-12(13)21/h3-7H,8H2,1-2H3,(H2,23,25)(H,24,26). The fraction of sp³-hybridized carbons (Fsp3) is 0.150. The van der Waals surface area contributed by atoms with Gasteiger partial charge in [-0.25, -0.2) is 9.18 Å². The molecule has 162 valence electrons. The molecule has 31 heavy (non-hydrogen) atoms. The fourth-order valence-corrected chi connectivity index (χ4v) is 3.93. The van der Waals surface area contributed by atoms with Crippen LogP contribution in [0.15, 0.2) is 34.7 Å². The monoisotopic (exact) mass is 466 g/mol. The fourth-order valence-electron chi connectivity index (χ4n) is 2.67. The number of ether oxygens (including phenoxy) is 2. The van der Waals surface area contributed by atoms with Gasteiger partial charge in [-0.05, 0) is 42.8 Å². The van der Waals surface area contributed by atoms with Crippen molar-refractivity contribution in [3.05, 3.63) is 68.7 Å². The second-order valence-electron chi connectivity index (χ2n) is 6.20. The molecule has 0 radical (unpaired) electrons. The van der Waals surface area contributed by atoms with E-state index in [1.165, 1.54) is 38.3 Å². The van der Waals surface area contributed by atoms with Gasteiger partial charge in [0, 0.05) is 0 Å². The molecule has 0 unspecified atom stereocenters. The highest BCUT2D eigenvalue weighted by atomic mass is 35.5. The summed E-state index contributed by atoms with van der Waals surface area (Å²) in [5.41, 5.74) is 5.68. The van der Waals surface area contributed by atoms with E-state index in [0.29, 0.717) is 11.3 Å². The van der Waals surface area contributed by atoms with Crippen molar-refractivity contribution in [2.24, 2.45) is 5.73 Å². The van der Waals surface area contributed by atoms with Gasteiger partial charge in [0.05, 0.1) is 22.6 Å². The number of amides is 2. The number of methoxy groups -OCH3 is 1. The number of esters is 1. The Balaban J connectivity index is 1.75. The summed E-state index contributed by atoms with van der Waals surface area (Å²) in [7, 11) is 1.18. The van der Waals surface area contributed by atoms with Crippen LogP contribution in [0.2, 0.25) is 5.02 Å². The summed E-state index contributed by atoms with van der Waals surface area (Å²) in [6.07, 6.45) is 0. The zero-order valence-electron chi connectivity index (χ0n) is 16.3. The number of halogens is 2. The van der Waals surface area contributed by atoms with Crippen LogP contribution in [0.25, 0.3) is 0 Å². The number of hydrogen-bond acceptors (Lipinski definition) is 7. The lowest BCUT2D eigenvalue weighted by atomic mass is 10.1. The number of nitrogens with one attached hydrogen (secondary N) is 1. The largest absolute Gasteiger partial charge is 0.484 e. The second-order valence-corrected chi connectivity index (χ2v) is 7.63. The van der Waals surface area contributed by atoms with Crippen molar-refractivity contribution < 1.29 is 32.7 Å². The lowest BCUT2D eigenvalue weighted by Gasteiger charge is -2.06. The van der Waals surface area contributed by atoms with Crippen LogP contribution in [0, 0.1) is 12.7 Å². The molecule has 0 bridgehead atoms. The van der Waals surface area contributed by atoms with Crippen LogP contribution in [0.3, 0.4) is 0 Å².